The van der Waals surface area contributed by atoms with E-state index < -0.39 is 4.92 Å². The number of fused-ring (bicyclic) bond motifs is 1. The lowest BCUT2D eigenvalue weighted by atomic mass is 10.1. The van der Waals surface area contributed by atoms with E-state index >= 15 is 0 Å². The first-order chi connectivity index (χ1) is 18.0. The fourth-order valence-electron chi connectivity index (χ4n) is 4.75. The first-order valence-corrected chi connectivity index (χ1v) is 12.6. The molecule has 0 unspecified atom stereocenters. The molecule has 2 aromatic carbocycles. The third kappa shape index (κ3) is 4.87. The van der Waals surface area contributed by atoms with E-state index in [2.05, 4.69) is 23.8 Å². The van der Waals surface area contributed by atoms with Gasteiger partial charge in [-0.05, 0) is 24.6 Å². The van der Waals surface area contributed by atoms with Crippen molar-refractivity contribution in [3.05, 3.63) is 82.3 Å². The normalized spacial score (nSPS) is 14.6. The zero-order valence-corrected chi connectivity index (χ0v) is 20.9. The maximum Gasteiger partial charge on any atom is 0.270 e. The highest BCUT2D eigenvalue weighted by atomic mass is 16.6. The van der Waals surface area contributed by atoms with Crippen molar-refractivity contribution < 1.29 is 9.72 Å². The molecule has 10 heteroatoms. The summed E-state index contributed by atoms with van der Waals surface area (Å²) in [6, 6.07) is 15.8. The van der Waals surface area contributed by atoms with Crippen LogP contribution in [0, 0.1) is 10.1 Å². The summed E-state index contributed by atoms with van der Waals surface area (Å²) in [5, 5.41) is 16.6. The van der Waals surface area contributed by atoms with Gasteiger partial charge < -0.3 is 9.80 Å². The molecule has 190 valence electrons. The van der Waals surface area contributed by atoms with Crippen molar-refractivity contribution in [3.8, 4) is 5.69 Å². The maximum absolute atomic E-state index is 13.1. The van der Waals surface area contributed by atoms with Gasteiger partial charge in [-0.15, -0.1) is 0 Å². The van der Waals surface area contributed by atoms with Gasteiger partial charge in [-0.3, -0.25) is 14.9 Å². The second-order valence-corrected chi connectivity index (χ2v) is 9.31. The molecular weight excluding hydrogens is 470 g/mol. The van der Waals surface area contributed by atoms with Crippen LogP contribution in [0.2, 0.25) is 0 Å². The number of piperazine rings is 1. The molecular formula is C27H29N7O3. The standard InChI is InChI=1S/C27H29N7O3/c1-3-8-19(2)24-29-25(23-18-28-33(26(23)30-24)21-10-5-4-6-11-21)31-13-15-32(16-14-31)27(35)20-9-7-12-22(17-20)34(36)37/h4-7,9-12,17-19H,3,8,13-16H2,1-2H3/t19-/m1/s1. The molecule has 10 nitrogen and oxygen atoms in total. The number of carbonyl (C=O) groups is 1. The minimum atomic E-state index is -0.484. The van der Waals surface area contributed by atoms with Gasteiger partial charge >= 0.3 is 0 Å². The number of benzene rings is 2. The molecule has 1 atom stereocenters. The molecule has 1 saturated heterocycles. The highest BCUT2D eigenvalue weighted by Gasteiger charge is 2.27. The van der Waals surface area contributed by atoms with Crippen LogP contribution in [0.4, 0.5) is 11.5 Å². The van der Waals surface area contributed by atoms with Crippen molar-refractivity contribution in [2.24, 2.45) is 0 Å². The second kappa shape index (κ2) is 10.3. The SMILES string of the molecule is CCC[C@@H](C)c1nc(N2CCN(C(=O)c3cccc([N+](=O)[O-])c3)CC2)c2cnn(-c3ccccc3)c2n1. The van der Waals surface area contributed by atoms with Crippen LogP contribution in [0.3, 0.4) is 0 Å². The minimum Gasteiger partial charge on any atom is -0.352 e. The van der Waals surface area contributed by atoms with Crippen LogP contribution in [0.1, 0.15) is 48.8 Å². The Morgan fingerprint density at radius 2 is 1.81 bits per heavy atom. The Balaban J connectivity index is 1.43. The van der Waals surface area contributed by atoms with Crippen molar-refractivity contribution in [2.45, 2.75) is 32.6 Å². The van der Waals surface area contributed by atoms with Crippen LogP contribution in [0.15, 0.2) is 60.8 Å². The minimum absolute atomic E-state index is 0.0861. The fraction of sp³-hybridized carbons (Fsp3) is 0.333. The predicted octanol–water partition coefficient (Wildman–Crippen LogP) is 4.59. The highest BCUT2D eigenvalue weighted by Crippen LogP contribution is 2.30. The Morgan fingerprint density at radius 3 is 2.51 bits per heavy atom. The lowest BCUT2D eigenvalue weighted by Gasteiger charge is -2.35. The van der Waals surface area contributed by atoms with Gasteiger partial charge in [-0.1, -0.05) is 44.5 Å². The van der Waals surface area contributed by atoms with Gasteiger partial charge in [0.15, 0.2) is 5.65 Å². The summed E-state index contributed by atoms with van der Waals surface area (Å²) in [4.78, 5) is 37.5. The summed E-state index contributed by atoms with van der Waals surface area (Å²) in [6.45, 7) is 6.45. The summed E-state index contributed by atoms with van der Waals surface area (Å²) in [5.74, 6) is 1.61. The maximum atomic E-state index is 13.1. The number of aromatic nitrogens is 4. The number of anilines is 1. The Hall–Kier alpha value is -4.34. The van der Waals surface area contributed by atoms with Crippen LogP contribution in [-0.4, -0.2) is 61.7 Å². The van der Waals surface area contributed by atoms with Gasteiger partial charge in [-0.25, -0.2) is 14.6 Å². The van der Waals surface area contributed by atoms with Gasteiger partial charge in [0.05, 0.1) is 22.2 Å². The largest absolute Gasteiger partial charge is 0.352 e. The Kier molecular flexibility index (Phi) is 6.80. The molecule has 0 N–H and O–H groups in total. The van der Waals surface area contributed by atoms with Crippen LogP contribution >= 0.6 is 0 Å². The molecule has 37 heavy (non-hydrogen) atoms. The molecule has 5 rings (SSSR count). The quantitative estimate of drug-likeness (QED) is 0.270. The van der Waals surface area contributed by atoms with Gasteiger partial charge in [0.2, 0.25) is 0 Å². The first kappa shape index (κ1) is 24.4. The van der Waals surface area contributed by atoms with Gasteiger partial charge in [0.1, 0.15) is 11.6 Å². The predicted molar refractivity (Wildman–Crippen MR) is 141 cm³/mol. The van der Waals surface area contributed by atoms with Crippen LogP contribution < -0.4 is 4.90 Å². The molecule has 3 heterocycles. The third-order valence-electron chi connectivity index (χ3n) is 6.76. The van der Waals surface area contributed by atoms with Crippen LogP contribution in [0.25, 0.3) is 16.7 Å². The smallest absolute Gasteiger partial charge is 0.270 e. The molecule has 4 aromatic rings. The average molecular weight is 500 g/mol. The Bertz CT molecular complexity index is 1430. The van der Waals surface area contributed by atoms with Crippen molar-refractivity contribution >= 4 is 28.4 Å². The zero-order chi connectivity index (χ0) is 25.9. The average Bonchev–Trinajstić information content (AvgIpc) is 3.37. The van der Waals surface area contributed by atoms with E-state index in [0.29, 0.717) is 31.7 Å². The monoisotopic (exact) mass is 499 g/mol. The summed E-state index contributed by atoms with van der Waals surface area (Å²) in [7, 11) is 0. The number of nitro groups is 1. The number of amides is 1. The molecule has 0 aliphatic carbocycles. The first-order valence-electron chi connectivity index (χ1n) is 12.6. The number of nitrogens with zero attached hydrogens (tertiary/aromatic N) is 7. The van der Waals surface area contributed by atoms with Crippen molar-refractivity contribution in [1.29, 1.82) is 0 Å². The van der Waals surface area contributed by atoms with Crippen molar-refractivity contribution in [2.75, 3.05) is 31.1 Å². The van der Waals surface area contributed by atoms with Crippen LogP contribution in [-0.2, 0) is 0 Å². The molecule has 1 aliphatic rings. The number of hydrogen-bond donors (Lipinski definition) is 0. The Labute approximate surface area is 214 Å². The molecule has 1 fully saturated rings. The number of rotatable bonds is 7. The van der Waals surface area contributed by atoms with E-state index in [1.165, 1.54) is 12.1 Å². The molecule has 0 spiro atoms. The summed E-state index contributed by atoms with van der Waals surface area (Å²) in [6.07, 6.45) is 3.83. The molecule has 1 amide bonds. The highest BCUT2D eigenvalue weighted by molar-refractivity contribution is 5.95. The van der Waals surface area contributed by atoms with Gasteiger partial charge in [-0.2, -0.15) is 5.10 Å². The topological polar surface area (TPSA) is 110 Å². The second-order valence-electron chi connectivity index (χ2n) is 9.31. The number of non-ortho nitro benzene ring substituents is 1. The molecule has 0 radical (unpaired) electrons. The summed E-state index contributed by atoms with van der Waals surface area (Å²) in [5.41, 5.74) is 1.94. The van der Waals surface area contributed by atoms with Crippen LogP contribution in [0.5, 0.6) is 0 Å². The van der Waals surface area contributed by atoms with E-state index in [4.69, 9.17) is 9.97 Å². The summed E-state index contributed by atoms with van der Waals surface area (Å²) < 4.78 is 1.85. The number of carbonyl (C=O) groups excluding carboxylic acids is 1. The van der Waals surface area contributed by atoms with E-state index in [0.717, 1.165) is 41.2 Å². The molecule has 1 aliphatic heterocycles. The number of nitro benzene ring substituents is 1. The number of para-hydroxylation sites is 1. The lowest BCUT2D eigenvalue weighted by Crippen LogP contribution is -2.49. The molecule has 0 bridgehead atoms. The van der Waals surface area contributed by atoms with E-state index in [-0.39, 0.29) is 17.5 Å². The van der Waals surface area contributed by atoms with E-state index in [9.17, 15) is 14.9 Å². The van der Waals surface area contributed by atoms with Crippen molar-refractivity contribution in [1.82, 2.24) is 24.6 Å². The lowest BCUT2D eigenvalue weighted by molar-refractivity contribution is -0.384. The van der Waals surface area contributed by atoms with E-state index in [1.807, 2.05) is 41.2 Å². The fourth-order valence-corrected chi connectivity index (χ4v) is 4.75. The van der Waals surface area contributed by atoms with Gasteiger partial charge in [0, 0.05) is 49.8 Å². The summed E-state index contributed by atoms with van der Waals surface area (Å²) >= 11 is 0. The van der Waals surface area contributed by atoms with Gasteiger partial charge in [0.25, 0.3) is 11.6 Å². The third-order valence-corrected chi connectivity index (χ3v) is 6.76. The van der Waals surface area contributed by atoms with Crippen molar-refractivity contribution in [3.63, 3.8) is 0 Å². The molecule has 2 aromatic heterocycles. The zero-order valence-electron chi connectivity index (χ0n) is 20.9. The molecule has 0 saturated carbocycles. The van der Waals surface area contributed by atoms with E-state index in [1.54, 1.807) is 17.0 Å². The number of hydrogen-bond acceptors (Lipinski definition) is 7. The Morgan fingerprint density at radius 1 is 1.05 bits per heavy atom.